The molecular weight excluding hydrogens is 423 g/mol. The molecule has 6 nitrogen and oxygen atoms in total. The minimum atomic E-state index is -1.39. The van der Waals surface area contributed by atoms with E-state index in [1.807, 2.05) is 41.5 Å². The van der Waals surface area contributed by atoms with Crippen LogP contribution in [0.15, 0.2) is 12.1 Å². The minimum absolute atomic E-state index is 0.0338. The van der Waals surface area contributed by atoms with Crippen molar-refractivity contribution in [3.05, 3.63) is 27.7 Å². The van der Waals surface area contributed by atoms with Crippen molar-refractivity contribution in [2.45, 2.75) is 57.9 Å². The number of hydrogen-bond donors (Lipinski definition) is 2. The maximum absolute atomic E-state index is 12.7. The van der Waals surface area contributed by atoms with Crippen molar-refractivity contribution in [2.75, 3.05) is 13.1 Å². The quantitative estimate of drug-likeness (QED) is 0.651. The topological polar surface area (TPSA) is 84.9 Å². The molecule has 9 heteroatoms. The van der Waals surface area contributed by atoms with E-state index in [1.54, 1.807) is 11.0 Å². The van der Waals surface area contributed by atoms with Crippen LogP contribution in [-0.2, 0) is 16.1 Å². The van der Waals surface area contributed by atoms with Gasteiger partial charge in [-0.05, 0) is 47.6 Å². The highest BCUT2D eigenvalue weighted by Gasteiger charge is 2.43. The number of hydrogen-bond acceptors (Lipinski definition) is 5. The van der Waals surface area contributed by atoms with Crippen LogP contribution in [0.1, 0.15) is 53.1 Å². The predicted octanol–water partition coefficient (Wildman–Crippen LogP) is 4.66. The summed E-state index contributed by atoms with van der Waals surface area (Å²) in [5, 5.41) is 10.9. The summed E-state index contributed by atoms with van der Waals surface area (Å²) in [6.07, 6.45) is -0.391. The number of phenols is 1. The largest absolute Gasteiger partial charge is 0.598 e. The van der Waals surface area contributed by atoms with Gasteiger partial charge in [-0.3, -0.25) is 0 Å². The van der Waals surface area contributed by atoms with E-state index in [-0.39, 0.29) is 16.7 Å². The van der Waals surface area contributed by atoms with Crippen molar-refractivity contribution >= 4 is 40.7 Å². The first-order chi connectivity index (χ1) is 12.7. The summed E-state index contributed by atoms with van der Waals surface area (Å²) in [6.45, 7) is 11.8. The van der Waals surface area contributed by atoms with Crippen molar-refractivity contribution in [3.63, 3.8) is 0 Å². The number of ether oxygens (including phenoxy) is 1. The Morgan fingerprint density at radius 2 is 1.79 bits per heavy atom. The molecule has 1 saturated heterocycles. The highest BCUT2D eigenvalue weighted by atomic mass is 35.5. The van der Waals surface area contributed by atoms with E-state index in [0.29, 0.717) is 23.7 Å². The SMILES string of the molecule is CC(C)(C)OC(=O)N1CC(C(N[S+]([O-])C(C)(C)C)c2cc(Cl)c(Cl)cc2O)C1. The molecule has 2 unspecified atom stereocenters. The fraction of sp³-hybridized carbons (Fsp3) is 0.632. The first-order valence-corrected chi connectivity index (χ1v) is 10.9. The Bertz CT molecular complexity index is 728. The van der Waals surface area contributed by atoms with Gasteiger partial charge in [0.2, 0.25) is 0 Å². The van der Waals surface area contributed by atoms with Crippen molar-refractivity contribution < 1.29 is 19.2 Å². The van der Waals surface area contributed by atoms with Gasteiger partial charge in [-0.25, -0.2) is 4.79 Å². The lowest BCUT2D eigenvalue weighted by Gasteiger charge is -2.44. The van der Waals surface area contributed by atoms with Gasteiger partial charge >= 0.3 is 6.09 Å². The Labute approximate surface area is 179 Å². The molecule has 1 fully saturated rings. The number of amides is 1. The van der Waals surface area contributed by atoms with E-state index >= 15 is 0 Å². The second kappa shape index (κ2) is 8.48. The first kappa shape index (κ1) is 23.4. The molecule has 2 rings (SSSR count). The molecular formula is C19H28Cl2N2O4S. The lowest BCUT2D eigenvalue weighted by Crippen LogP contribution is -2.56. The molecule has 0 bridgehead atoms. The Kier molecular flexibility index (Phi) is 7.09. The molecule has 0 radical (unpaired) electrons. The maximum atomic E-state index is 12.7. The van der Waals surface area contributed by atoms with Gasteiger partial charge in [0.15, 0.2) is 0 Å². The molecule has 1 aliphatic rings. The Morgan fingerprint density at radius 3 is 2.29 bits per heavy atom. The summed E-state index contributed by atoms with van der Waals surface area (Å²) in [6, 6.07) is 2.49. The summed E-state index contributed by atoms with van der Waals surface area (Å²) < 4.78 is 20.7. The Morgan fingerprint density at radius 1 is 1.25 bits per heavy atom. The highest BCUT2D eigenvalue weighted by Crippen LogP contribution is 2.40. The number of nitrogens with one attached hydrogen (secondary N) is 1. The second-order valence-electron chi connectivity index (χ2n) is 8.95. The number of halogens is 2. The molecule has 1 amide bonds. The summed E-state index contributed by atoms with van der Waals surface area (Å²) in [7, 11) is 0. The van der Waals surface area contributed by atoms with Gasteiger partial charge in [0.1, 0.15) is 16.1 Å². The smallest absolute Gasteiger partial charge is 0.410 e. The van der Waals surface area contributed by atoms with Crippen LogP contribution < -0.4 is 4.72 Å². The standard InChI is InChI=1S/C19H28Cl2N2O4S/c1-18(2,3)27-17(25)23-9-11(10-23)16(22-28(26)19(4,5)6)12-7-13(20)14(21)8-15(12)24/h7-8,11,16,22,24H,9-10H2,1-6H3. The lowest BCUT2D eigenvalue weighted by molar-refractivity contribution is -0.00578. The van der Waals surface area contributed by atoms with Gasteiger partial charge < -0.3 is 19.3 Å². The average Bonchev–Trinajstić information content (AvgIpc) is 2.45. The van der Waals surface area contributed by atoms with Crippen molar-refractivity contribution in [1.82, 2.24) is 9.62 Å². The molecule has 2 atom stereocenters. The number of benzene rings is 1. The molecule has 1 heterocycles. The fourth-order valence-corrected chi connectivity index (χ4v) is 3.94. The van der Waals surface area contributed by atoms with Crippen molar-refractivity contribution in [1.29, 1.82) is 0 Å². The van der Waals surface area contributed by atoms with Crippen LogP contribution >= 0.6 is 23.2 Å². The highest BCUT2D eigenvalue weighted by molar-refractivity contribution is 7.90. The summed E-state index contributed by atoms with van der Waals surface area (Å²) in [5.74, 6) is -0.101. The number of likely N-dealkylation sites (tertiary alicyclic amines) is 1. The van der Waals surface area contributed by atoms with E-state index in [9.17, 15) is 14.5 Å². The van der Waals surface area contributed by atoms with E-state index < -0.39 is 33.8 Å². The van der Waals surface area contributed by atoms with Crippen molar-refractivity contribution in [3.8, 4) is 5.75 Å². The van der Waals surface area contributed by atoms with Gasteiger partial charge in [-0.1, -0.05) is 23.2 Å². The van der Waals surface area contributed by atoms with E-state index in [2.05, 4.69) is 4.72 Å². The van der Waals surface area contributed by atoms with E-state index in [1.165, 1.54) is 6.07 Å². The average molecular weight is 451 g/mol. The molecule has 0 aliphatic carbocycles. The zero-order valence-electron chi connectivity index (χ0n) is 17.0. The third-order valence-electron chi connectivity index (χ3n) is 4.23. The number of carbonyl (C=O) groups excluding carboxylic acids is 1. The molecule has 0 aromatic heterocycles. The zero-order valence-corrected chi connectivity index (χ0v) is 19.3. The molecule has 28 heavy (non-hydrogen) atoms. The third kappa shape index (κ3) is 5.83. The van der Waals surface area contributed by atoms with Crippen LogP contribution in [0.5, 0.6) is 5.75 Å². The van der Waals surface area contributed by atoms with Gasteiger partial charge in [-0.15, -0.1) is 4.72 Å². The van der Waals surface area contributed by atoms with E-state index in [4.69, 9.17) is 27.9 Å². The normalized spacial score (nSPS) is 17.8. The van der Waals surface area contributed by atoms with Gasteiger partial charge in [0, 0.05) is 42.0 Å². The van der Waals surface area contributed by atoms with Crippen molar-refractivity contribution in [2.24, 2.45) is 5.92 Å². The number of phenolic OH excluding ortho intramolecular Hbond substituents is 1. The van der Waals surface area contributed by atoms with Crippen LogP contribution in [0, 0.1) is 5.92 Å². The Balaban J connectivity index is 2.22. The molecule has 1 aromatic rings. The molecule has 158 valence electrons. The maximum Gasteiger partial charge on any atom is 0.410 e. The predicted molar refractivity (Wildman–Crippen MR) is 113 cm³/mol. The zero-order chi connectivity index (χ0) is 21.4. The van der Waals surface area contributed by atoms with Crippen LogP contribution in [0.4, 0.5) is 4.79 Å². The number of aromatic hydroxyl groups is 1. The van der Waals surface area contributed by atoms with Gasteiger partial charge in [-0.2, -0.15) is 0 Å². The lowest BCUT2D eigenvalue weighted by atomic mass is 9.87. The molecule has 0 spiro atoms. The summed E-state index contributed by atoms with van der Waals surface area (Å²) in [5.41, 5.74) is -0.0731. The van der Waals surface area contributed by atoms with Gasteiger partial charge in [0.05, 0.1) is 16.1 Å². The number of nitrogens with zero attached hydrogens (tertiary/aromatic N) is 1. The number of carbonyl (C=O) groups is 1. The monoisotopic (exact) mass is 450 g/mol. The summed E-state index contributed by atoms with van der Waals surface area (Å²) in [4.78, 5) is 13.8. The van der Waals surface area contributed by atoms with Crippen LogP contribution in [0.25, 0.3) is 0 Å². The fourth-order valence-electron chi connectivity index (χ4n) is 2.71. The van der Waals surface area contributed by atoms with Crippen LogP contribution in [0.3, 0.4) is 0 Å². The molecule has 1 aromatic carbocycles. The number of rotatable bonds is 4. The first-order valence-electron chi connectivity index (χ1n) is 9.03. The minimum Gasteiger partial charge on any atom is -0.598 e. The Hall–Kier alpha value is -0.860. The molecule has 0 saturated carbocycles. The van der Waals surface area contributed by atoms with Crippen LogP contribution in [-0.4, -0.2) is 44.1 Å². The molecule has 2 N–H and O–H groups in total. The summed E-state index contributed by atoms with van der Waals surface area (Å²) >= 11 is 10.7. The van der Waals surface area contributed by atoms with E-state index in [0.717, 1.165) is 0 Å². The second-order valence-corrected chi connectivity index (χ2v) is 11.8. The van der Waals surface area contributed by atoms with Crippen LogP contribution in [0.2, 0.25) is 10.0 Å². The van der Waals surface area contributed by atoms with Gasteiger partial charge in [0.25, 0.3) is 0 Å². The molecule has 1 aliphatic heterocycles. The third-order valence-corrected chi connectivity index (χ3v) is 6.53.